The number of ether oxygens (including phenoxy) is 5. The minimum absolute atomic E-state index is 0.0473. The third kappa shape index (κ3) is 41.2. The Morgan fingerprint density at radius 3 is 1.50 bits per heavy atom. The van der Waals surface area contributed by atoms with Gasteiger partial charge >= 0.3 is 0 Å². The van der Waals surface area contributed by atoms with E-state index in [0.717, 1.165) is 13.0 Å². The standard InChI is InChI=1S/C14H29NO6.C5H11NO.C2H6/c1-3-17-6-7-19-10-11-21-13-12-20-9-8-18-5-4-15-14(2)16;1-5(2)3-6-4-7;1-2/h3-13H2,1-2H3,(H,15,16);4-5H,3H2,1-2H3,(H,6,7);1-2H3. The minimum atomic E-state index is -0.0473. The molecular weight excluding hydrogens is 392 g/mol. The molecule has 9 nitrogen and oxygen atoms in total. The van der Waals surface area contributed by atoms with Gasteiger partial charge in [-0.1, -0.05) is 27.7 Å². The van der Waals surface area contributed by atoms with Crippen LogP contribution in [-0.2, 0) is 33.3 Å². The fourth-order valence-corrected chi connectivity index (χ4v) is 1.61. The largest absolute Gasteiger partial charge is 0.379 e. The number of amides is 2. The lowest BCUT2D eigenvalue weighted by Gasteiger charge is -2.07. The Morgan fingerprint density at radius 1 is 0.800 bits per heavy atom. The Kier molecular flexibility index (Phi) is 36.1. The van der Waals surface area contributed by atoms with Crippen LogP contribution < -0.4 is 10.6 Å². The van der Waals surface area contributed by atoms with Gasteiger partial charge in [-0.05, 0) is 12.8 Å². The molecule has 2 amide bonds. The van der Waals surface area contributed by atoms with Crippen molar-refractivity contribution in [1.82, 2.24) is 10.6 Å². The molecule has 182 valence electrons. The van der Waals surface area contributed by atoms with Gasteiger partial charge < -0.3 is 34.3 Å². The molecule has 0 fully saturated rings. The van der Waals surface area contributed by atoms with Gasteiger partial charge in [0.15, 0.2) is 0 Å². The van der Waals surface area contributed by atoms with E-state index < -0.39 is 0 Å². The monoisotopic (exact) mass is 438 g/mol. The summed E-state index contributed by atoms with van der Waals surface area (Å²) in [5.41, 5.74) is 0. The highest BCUT2D eigenvalue weighted by Gasteiger charge is 1.94. The predicted molar refractivity (Wildman–Crippen MR) is 119 cm³/mol. The molecule has 9 heteroatoms. The average Bonchev–Trinajstić information content (AvgIpc) is 2.73. The Morgan fingerprint density at radius 2 is 1.20 bits per heavy atom. The molecule has 0 heterocycles. The summed E-state index contributed by atoms with van der Waals surface area (Å²) in [5.74, 6) is 0.513. The van der Waals surface area contributed by atoms with E-state index in [4.69, 9.17) is 23.7 Å². The summed E-state index contributed by atoms with van der Waals surface area (Å²) >= 11 is 0. The molecule has 0 aliphatic rings. The van der Waals surface area contributed by atoms with Crippen molar-refractivity contribution >= 4 is 12.3 Å². The van der Waals surface area contributed by atoms with Gasteiger partial charge in [0.2, 0.25) is 12.3 Å². The molecule has 0 spiro atoms. The Hall–Kier alpha value is -1.26. The first kappa shape index (κ1) is 33.4. The predicted octanol–water partition coefficient (Wildman–Crippen LogP) is 1.64. The van der Waals surface area contributed by atoms with E-state index >= 15 is 0 Å². The first-order valence-electron chi connectivity index (χ1n) is 10.8. The van der Waals surface area contributed by atoms with Gasteiger partial charge in [-0.25, -0.2) is 0 Å². The Labute approximate surface area is 183 Å². The first-order chi connectivity index (χ1) is 14.5. The summed E-state index contributed by atoms with van der Waals surface area (Å²) in [6, 6.07) is 0. The van der Waals surface area contributed by atoms with Crippen LogP contribution in [0.5, 0.6) is 0 Å². The second-order valence-electron chi connectivity index (χ2n) is 6.05. The molecule has 0 atom stereocenters. The lowest BCUT2D eigenvalue weighted by Crippen LogP contribution is -2.25. The van der Waals surface area contributed by atoms with Crippen molar-refractivity contribution in [1.29, 1.82) is 0 Å². The highest BCUT2D eigenvalue weighted by atomic mass is 16.6. The van der Waals surface area contributed by atoms with Gasteiger partial charge in [0.05, 0.1) is 59.5 Å². The Bertz CT molecular complexity index is 332. The van der Waals surface area contributed by atoms with Gasteiger partial charge in [0.1, 0.15) is 0 Å². The number of carbonyl (C=O) groups is 2. The fourth-order valence-electron chi connectivity index (χ4n) is 1.61. The topological polar surface area (TPSA) is 104 Å². The van der Waals surface area contributed by atoms with E-state index in [2.05, 4.69) is 24.5 Å². The molecule has 0 aromatic carbocycles. The molecule has 0 bridgehead atoms. The van der Waals surface area contributed by atoms with Crippen molar-refractivity contribution in [3.05, 3.63) is 0 Å². The maximum Gasteiger partial charge on any atom is 0.216 e. The van der Waals surface area contributed by atoms with Crippen molar-refractivity contribution < 1.29 is 33.3 Å². The number of nitrogens with one attached hydrogen (secondary N) is 2. The maximum absolute atomic E-state index is 10.6. The highest BCUT2D eigenvalue weighted by molar-refractivity contribution is 5.72. The zero-order valence-corrected chi connectivity index (χ0v) is 20.0. The van der Waals surface area contributed by atoms with E-state index in [1.807, 2.05) is 20.8 Å². The summed E-state index contributed by atoms with van der Waals surface area (Å²) in [5, 5.41) is 5.21. The van der Waals surface area contributed by atoms with Crippen LogP contribution in [0.4, 0.5) is 0 Å². The summed E-state index contributed by atoms with van der Waals surface area (Å²) in [6.07, 6.45) is 0.722. The van der Waals surface area contributed by atoms with E-state index in [0.29, 0.717) is 78.5 Å². The normalized spacial score (nSPS) is 9.83. The minimum Gasteiger partial charge on any atom is -0.379 e. The van der Waals surface area contributed by atoms with Gasteiger partial charge in [-0.3, -0.25) is 9.59 Å². The van der Waals surface area contributed by atoms with Crippen LogP contribution >= 0.6 is 0 Å². The zero-order chi connectivity index (χ0) is 23.3. The zero-order valence-electron chi connectivity index (χ0n) is 20.0. The summed E-state index contributed by atoms with van der Waals surface area (Å²) < 4.78 is 26.3. The summed E-state index contributed by atoms with van der Waals surface area (Å²) in [7, 11) is 0. The van der Waals surface area contributed by atoms with Gasteiger partial charge in [0, 0.05) is 26.6 Å². The third-order valence-electron chi connectivity index (χ3n) is 2.92. The smallest absolute Gasteiger partial charge is 0.216 e. The number of carbonyl (C=O) groups excluding carboxylic acids is 2. The molecule has 0 rings (SSSR count). The molecule has 0 radical (unpaired) electrons. The van der Waals surface area contributed by atoms with Crippen LogP contribution in [0.2, 0.25) is 0 Å². The number of rotatable bonds is 19. The Balaban J connectivity index is -0.000000680. The van der Waals surface area contributed by atoms with Crippen LogP contribution in [0.1, 0.15) is 41.5 Å². The lowest BCUT2D eigenvalue weighted by atomic mass is 10.2. The molecule has 0 aliphatic carbocycles. The van der Waals surface area contributed by atoms with Crippen molar-refractivity contribution in [2.24, 2.45) is 5.92 Å². The van der Waals surface area contributed by atoms with Crippen molar-refractivity contribution in [3.8, 4) is 0 Å². The SMILES string of the molecule is CC.CC(C)CNC=O.CCOCCOCCOCCOCCOCCNC(C)=O. The van der Waals surface area contributed by atoms with E-state index in [1.54, 1.807) is 0 Å². The molecule has 0 aromatic heterocycles. The fraction of sp³-hybridized carbons (Fsp3) is 0.905. The molecule has 30 heavy (non-hydrogen) atoms. The molecule has 0 saturated carbocycles. The van der Waals surface area contributed by atoms with Crippen LogP contribution in [0, 0.1) is 5.92 Å². The second kappa shape index (κ2) is 32.4. The van der Waals surface area contributed by atoms with Crippen LogP contribution in [0.15, 0.2) is 0 Å². The summed E-state index contributed by atoms with van der Waals surface area (Å²) in [6.45, 7) is 18.5. The third-order valence-corrected chi connectivity index (χ3v) is 2.92. The number of hydrogen-bond donors (Lipinski definition) is 2. The van der Waals surface area contributed by atoms with Crippen molar-refractivity contribution in [3.63, 3.8) is 0 Å². The van der Waals surface area contributed by atoms with Crippen LogP contribution in [0.3, 0.4) is 0 Å². The quantitative estimate of drug-likeness (QED) is 0.233. The van der Waals surface area contributed by atoms with E-state index in [1.165, 1.54) is 6.92 Å². The van der Waals surface area contributed by atoms with Crippen molar-refractivity contribution in [2.75, 3.05) is 79.2 Å². The highest BCUT2D eigenvalue weighted by Crippen LogP contribution is 1.84. The second-order valence-corrected chi connectivity index (χ2v) is 6.05. The molecule has 2 N–H and O–H groups in total. The molecule has 0 unspecified atom stereocenters. The van der Waals surface area contributed by atoms with E-state index in [9.17, 15) is 9.59 Å². The van der Waals surface area contributed by atoms with Gasteiger partial charge in [-0.15, -0.1) is 0 Å². The molecule has 0 saturated heterocycles. The van der Waals surface area contributed by atoms with Crippen LogP contribution in [-0.4, -0.2) is 91.5 Å². The van der Waals surface area contributed by atoms with Gasteiger partial charge in [0.25, 0.3) is 0 Å². The van der Waals surface area contributed by atoms with Crippen molar-refractivity contribution in [2.45, 2.75) is 41.5 Å². The first-order valence-corrected chi connectivity index (χ1v) is 10.8. The molecule has 0 aromatic rings. The number of hydrogen-bond acceptors (Lipinski definition) is 7. The van der Waals surface area contributed by atoms with Gasteiger partial charge in [-0.2, -0.15) is 0 Å². The van der Waals surface area contributed by atoms with Crippen LogP contribution in [0.25, 0.3) is 0 Å². The molecular formula is C21H46N2O7. The molecule has 0 aliphatic heterocycles. The van der Waals surface area contributed by atoms with E-state index in [-0.39, 0.29) is 5.91 Å². The summed E-state index contributed by atoms with van der Waals surface area (Å²) in [4.78, 5) is 20.2. The average molecular weight is 439 g/mol. The maximum atomic E-state index is 10.6. The lowest BCUT2D eigenvalue weighted by molar-refractivity contribution is -0.119.